The molecule has 0 aliphatic carbocycles. The third-order valence-corrected chi connectivity index (χ3v) is 5.46. The molecule has 0 aromatic heterocycles. The van der Waals surface area contributed by atoms with Gasteiger partial charge in [0.25, 0.3) is 5.91 Å². The highest BCUT2D eigenvalue weighted by molar-refractivity contribution is 6.01. The van der Waals surface area contributed by atoms with Crippen LogP contribution in [0.4, 0.5) is 5.69 Å². The highest BCUT2D eigenvalue weighted by atomic mass is 16.5. The summed E-state index contributed by atoms with van der Waals surface area (Å²) < 4.78 is 11.5. The van der Waals surface area contributed by atoms with Crippen molar-refractivity contribution in [3.05, 3.63) is 88.5 Å². The van der Waals surface area contributed by atoms with E-state index in [4.69, 9.17) is 9.47 Å². The van der Waals surface area contributed by atoms with Crippen LogP contribution < -0.4 is 14.8 Å². The highest BCUT2D eigenvalue weighted by Crippen LogP contribution is 2.34. The average Bonchev–Trinajstić information content (AvgIpc) is 2.77. The van der Waals surface area contributed by atoms with Crippen molar-refractivity contribution in [2.24, 2.45) is 0 Å². The molecule has 0 spiro atoms. The predicted octanol–water partition coefficient (Wildman–Crippen LogP) is 4.85. The van der Waals surface area contributed by atoms with E-state index in [-0.39, 0.29) is 0 Å². The van der Waals surface area contributed by atoms with Crippen molar-refractivity contribution in [2.45, 2.75) is 26.6 Å². The Balaban J connectivity index is 1.63. The number of benzene rings is 3. The van der Waals surface area contributed by atoms with Crippen LogP contribution in [-0.4, -0.2) is 23.3 Å². The van der Waals surface area contributed by atoms with E-state index in [0.29, 0.717) is 23.6 Å². The first-order valence-electron chi connectivity index (χ1n) is 9.73. The van der Waals surface area contributed by atoms with Crippen LogP contribution in [0.2, 0.25) is 0 Å². The number of hydrogen-bond donors (Lipinski definition) is 2. The zero-order valence-electron chi connectivity index (χ0n) is 17.2. The summed E-state index contributed by atoms with van der Waals surface area (Å²) in [5, 5.41) is 14.4. The Labute approximate surface area is 175 Å². The molecule has 0 radical (unpaired) electrons. The molecule has 4 rings (SSSR count). The van der Waals surface area contributed by atoms with Gasteiger partial charge in [-0.2, -0.15) is 5.06 Å². The number of rotatable bonds is 5. The second-order valence-electron chi connectivity index (χ2n) is 7.30. The van der Waals surface area contributed by atoms with Crippen LogP contribution in [0.3, 0.4) is 0 Å². The zero-order valence-corrected chi connectivity index (χ0v) is 17.2. The van der Waals surface area contributed by atoms with E-state index in [1.165, 1.54) is 0 Å². The number of nitrogens with zero attached hydrogens (tertiary/aromatic N) is 1. The Morgan fingerprint density at radius 2 is 1.83 bits per heavy atom. The van der Waals surface area contributed by atoms with E-state index in [2.05, 4.69) is 5.32 Å². The Hall–Kier alpha value is -3.51. The number of amides is 1. The fourth-order valence-corrected chi connectivity index (χ4v) is 3.59. The first-order chi connectivity index (χ1) is 14.5. The van der Waals surface area contributed by atoms with Gasteiger partial charge in [0.15, 0.2) is 6.17 Å². The summed E-state index contributed by atoms with van der Waals surface area (Å²) in [4.78, 5) is 12.6. The number of hydroxylamine groups is 2. The lowest BCUT2D eigenvalue weighted by Crippen LogP contribution is -2.40. The lowest BCUT2D eigenvalue weighted by Gasteiger charge is -2.33. The van der Waals surface area contributed by atoms with Gasteiger partial charge in [-0.25, -0.2) is 0 Å². The number of carbonyl (C=O) groups excluding carboxylic acids is 1. The van der Waals surface area contributed by atoms with Crippen molar-refractivity contribution in [2.75, 3.05) is 12.4 Å². The number of nitrogens with one attached hydrogen (secondary N) is 1. The number of anilines is 1. The molecule has 154 valence electrons. The molecule has 0 unspecified atom stereocenters. The van der Waals surface area contributed by atoms with Gasteiger partial charge in [0.1, 0.15) is 18.1 Å². The van der Waals surface area contributed by atoms with Crippen molar-refractivity contribution >= 4 is 11.6 Å². The van der Waals surface area contributed by atoms with Crippen LogP contribution in [-0.2, 0) is 6.61 Å². The van der Waals surface area contributed by atoms with Gasteiger partial charge in [-0.15, -0.1) is 0 Å². The van der Waals surface area contributed by atoms with Crippen molar-refractivity contribution in [1.29, 1.82) is 0 Å². The van der Waals surface area contributed by atoms with E-state index in [1.807, 2.05) is 62.4 Å². The number of para-hydroxylation sites is 1. The Kier molecular flexibility index (Phi) is 5.33. The molecule has 3 aromatic carbocycles. The summed E-state index contributed by atoms with van der Waals surface area (Å²) in [5.74, 6) is 1.04. The number of aryl methyl sites for hydroxylation is 1. The van der Waals surface area contributed by atoms with Crippen LogP contribution >= 0.6 is 0 Å². The van der Waals surface area contributed by atoms with Gasteiger partial charge < -0.3 is 14.8 Å². The first-order valence-corrected chi connectivity index (χ1v) is 9.73. The van der Waals surface area contributed by atoms with Gasteiger partial charge in [0.2, 0.25) is 0 Å². The van der Waals surface area contributed by atoms with Crippen LogP contribution in [0, 0.1) is 13.8 Å². The van der Waals surface area contributed by atoms with E-state index >= 15 is 0 Å². The Bertz CT molecular complexity index is 1100. The monoisotopic (exact) mass is 404 g/mol. The second-order valence-corrected chi connectivity index (χ2v) is 7.30. The van der Waals surface area contributed by atoms with Crippen molar-refractivity contribution in [1.82, 2.24) is 5.06 Å². The maximum atomic E-state index is 12.6. The number of methoxy groups -OCH3 is 1. The normalized spacial score (nSPS) is 15.4. The maximum absolute atomic E-state index is 12.6. The summed E-state index contributed by atoms with van der Waals surface area (Å²) in [5.41, 5.74) is 4.90. The highest BCUT2D eigenvalue weighted by Gasteiger charge is 2.32. The van der Waals surface area contributed by atoms with Gasteiger partial charge in [0.05, 0.1) is 12.7 Å². The van der Waals surface area contributed by atoms with Crippen LogP contribution in [0.25, 0.3) is 0 Å². The van der Waals surface area contributed by atoms with Gasteiger partial charge in [-0.3, -0.25) is 10.0 Å². The fraction of sp³-hybridized carbons (Fsp3) is 0.208. The minimum absolute atomic E-state index is 0.296. The van der Waals surface area contributed by atoms with Crippen LogP contribution in [0.15, 0.2) is 60.7 Å². The molecule has 1 aliphatic heterocycles. The standard InChI is InChI=1S/C24H24N2O4/c1-15-7-6-10-21(16(15)2)30-14-18-13-17(11-12-22(18)29-3)23-25-20-9-5-4-8-19(20)24(27)26(23)28/h4-13,23,25,28H,14H2,1-3H3/t23-/m1/s1. The van der Waals surface area contributed by atoms with Crippen molar-refractivity contribution in [3.8, 4) is 11.5 Å². The first kappa shape index (κ1) is 19.8. The molecule has 1 amide bonds. The molecule has 3 aromatic rings. The topological polar surface area (TPSA) is 71.0 Å². The lowest BCUT2D eigenvalue weighted by atomic mass is 10.0. The summed E-state index contributed by atoms with van der Waals surface area (Å²) in [6.45, 7) is 4.36. The van der Waals surface area contributed by atoms with Crippen LogP contribution in [0.5, 0.6) is 11.5 Å². The summed E-state index contributed by atoms with van der Waals surface area (Å²) in [7, 11) is 1.60. The van der Waals surface area contributed by atoms with Gasteiger partial charge in [0, 0.05) is 11.3 Å². The second kappa shape index (κ2) is 8.08. The summed E-state index contributed by atoms with van der Waals surface area (Å²) in [6, 6.07) is 18.6. The van der Waals surface area contributed by atoms with Gasteiger partial charge in [-0.1, -0.05) is 30.3 Å². The SMILES string of the molecule is COc1ccc([C@@H]2Nc3ccccc3C(=O)N2O)cc1COc1cccc(C)c1C. The third kappa shape index (κ3) is 3.57. The molecule has 6 heteroatoms. The fourth-order valence-electron chi connectivity index (χ4n) is 3.59. The molecular weight excluding hydrogens is 380 g/mol. The third-order valence-electron chi connectivity index (χ3n) is 5.46. The largest absolute Gasteiger partial charge is 0.496 e. The molecule has 0 bridgehead atoms. The van der Waals surface area contributed by atoms with Crippen LogP contribution in [0.1, 0.15) is 38.8 Å². The quantitative estimate of drug-likeness (QED) is 0.595. The number of ether oxygens (including phenoxy) is 2. The van der Waals surface area contributed by atoms with Gasteiger partial charge in [-0.05, 0) is 60.9 Å². The molecule has 1 atom stereocenters. The molecule has 30 heavy (non-hydrogen) atoms. The molecule has 1 heterocycles. The molecular formula is C24H24N2O4. The molecule has 1 aliphatic rings. The number of hydrogen-bond acceptors (Lipinski definition) is 5. The summed E-state index contributed by atoms with van der Waals surface area (Å²) in [6.07, 6.45) is -0.710. The smallest absolute Gasteiger partial charge is 0.281 e. The van der Waals surface area contributed by atoms with E-state index in [0.717, 1.165) is 33.1 Å². The molecule has 0 saturated carbocycles. The minimum Gasteiger partial charge on any atom is -0.496 e. The van der Waals surface area contributed by atoms with E-state index in [9.17, 15) is 10.0 Å². The summed E-state index contributed by atoms with van der Waals surface area (Å²) >= 11 is 0. The van der Waals surface area contributed by atoms with E-state index < -0.39 is 12.1 Å². The zero-order chi connectivity index (χ0) is 21.3. The van der Waals surface area contributed by atoms with E-state index in [1.54, 1.807) is 19.2 Å². The lowest BCUT2D eigenvalue weighted by molar-refractivity contribution is -0.0851. The minimum atomic E-state index is -0.710. The van der Waals surface area contributed by atoms with Crippen molar-refractivity contribution in [3.63, 3.8) is 0 Å². The molecule has 0 saturated heterocycles. The van der Waals surface area contributed by atoms with Crippen molar-refractivity contribution < 1.29 is 19.5 Å². The molecule has 6 nitrogen and oxygen atoms in total. The maximum Gasteiger partial charge on any atom is 0.281 e. The Morgan fingerprint density at radius 3 is 2.63 bits per heavy atom. The number of fused-ring (bicyclic) bond motifs is 1. The molecule has 0 fully saturated rings. The predicted molar refractivity (Wildman–Crippen MR) is 114 cm³/mol. The number of carbonyl (C=O) groups is 1. The van der Waals surface area contributed by atoms with Gasteiger partial charge >= 0.3 is 0 Å². The average molecular weight is 404 g/mol. The Morgan fingerprint density at radius 1 is 1.03 bits per heavy atom. The molecule has 2 N–H and O–H groups in total.